The topological polar surface area (TPSA) is 79.1 Å². The molecule has 1 aliphatic heterocycles. The number of nitrogen functional groups attached to an aromatic ring is 1. The fraction of sp³-hybridized carbons (Fsp3) is 0.714. The van der Waals surface area contributed by atoms with Gasteiger partial charge in [0.25, 0.3) is 0 Å². The number of anilines is 2. The second-order valence-corrected chi connectivity index (χ2v) is 5.56. The van der Waals surface area contributed by atoms with Crippen LogP contribution in [0.2, 0.25) is 0 Å². The Balaban J connectivity index is 1.97. The number of piperidine rings is 1. The highest BCUT2D eigenvalue weighted by Crippen LogP contribution is 2.19. The minimum Gasteiger partial charge on any atom is -0.368 e. The van der Waals surface area contributed by atoms with Crippen molar-refractivity contribution in [3.63, 3.8) is 0 Å². The van der Waals surface area contributed by atoms with Crippen molar-refractivity contribution in [2.45, 2.75) is 46.1 Å². The standard InChI is InChI=1S/C14H26N6/c1-10(20-7-5-4-6-8-20)9-16-13-11(2)14(19-15)18-12(3)17-13/h10H,4-9,15H2,1-3H3,(H2,16,17,18,19). The predicted octanol–water partition coefficient (Wildman–Crippen LogP) is 1.67. The Morgan fingerprint density at radius 3 is 2.45 bits per heavy atom. The Bertz CT molecular complexity index is 442. The van der Waals surface area contributed by atoms with Gasteiger partial charge >= 0.3 is 0 Å². The van der Waals surface area contributed by atoms with E-state index in [1.54, 1.807) is 0 Å². The molecule has 1 aromatic rings. The molecule has 0 aromatic carbocycles. The second-order valence-electron chi connectivity index (χ2n) is 5.56. The molecule has 0 radical (unpaired) electrons. The van der Waals surface area contributed by atoms with Crippen LogP contribution in [0, 0.1) is 13.8 Å². The zero-order valence-electron chi connectivity index (χ0n) is 12.7. The second kappa shape index (κ2) is 6.85. The van der Waals surface area contributed by atoms with Crippen molar-refractivity contribution in [2.24, 2.45) is 5.84 Å². The molecule has 2 heterocycles. The van der Waals surface area contributed by atoms with Gasteiger partial charge < -0.3 is 10.7 Å². The van der Waals surface area contributed by atoms with Crippen molar-refractivity contribution in [1.82, 2.24) is 14.9 Å². The number of hydrogen-bond acceptors (Lipinski definition) is 6. The molecule has 1 unspecified atom stereocenters. The smallest absolute Gasteiger partial charge is 0.148 e. The van der Waals surface area contributed by atoms with E-state index in [1.165, 1.54) is 32.4 Å². The summed E-state index contributed by atoms with van der Waals surface area (Å²) in [4.78, 5) is 11.3. The van der Waals surface area contributed by atoms with Crippen LogP contribution in [0.3, 0.4) is 0 Å². The van der Waals surface area contributed by atoms with Crippen LogP contribution in [0.5, 0.6) is 0 Å². The lowest BCUT2D eigenvalue weighted by molar-refractivity contribution is 0.180. The van der Waals surface area contributed by atoms with Gasteiger partial charge in [0, 0.05) is 18.2 Å². The van der Waals surface area contributed by atoms with Gasteiger partial charge in [-0.05, 0) is 46.7 Å². The molecule has 1 atom stereocenters. The van der Waals surface area contributed by atoms with E-state index in [1.807, 2.05) is 13.8 Å². The lowest BCUT2D eigenvalue weighted by Crippen LogP contribution is -2.41. The summed E-state index contributed by atoms with van der Waals surface area (Å²) in [6.07, 6.45) is 4.00. The largest absolute Gasteiger partial charge is 0.368 e. The number of nitrogens with zero attached hydrogens (tertiary/aromatic N) is 3. The molecule has 0 saturated carbocycles. The molecule has 1 aliphatic rings. The van der Waals surface area contributed by atoms with Gasteiger partial charge in [-0.2, -0.15) is 0 Å². The van der Waals surface area contributed by atoms with Crippen LogP contribution in [0.25, 0.3) is 0 Å². The number of rotatable bonds is 5. The first-order valence-corrected chi connectivity index (χ1v) is 7.41. The third kappa shape index (κ3) is 3.58. The van der Waals surface area contributed by atoms with Gasteiger partial charge in [-0.15, -0.1) is 0 Å². The number of hydrazine groups is 1. The third-order valence-electron chi connectivity index (χ3n) is 3.97. The van der Waals surface area contributed by atoms with Crippen molar-refractivity contribution in [3.8, 4) is 0 Å². The Kier molecular flexibility index (Phi) is 5.14. The maximum absolute atomic E-state index is 5.49. The Morgan fingerprint density at radius 2 is 1.80 bits per heavy atom. The van der Waals surface area contributed by atoms with Crippen LogP contribution in [0.15, 0.2) is 0 Å². The summed E-state index contributed by atoms with van der Waals surface area (Å²) in [6.45, 7) is 9.42. The lowest BCUT2D eigenvalue weighted by Gasteiger charge is -2.32. The molecule has 20 heavy (non-hydrogen) atoms. The Morgan fingerprint density at radius 1 is 1.15 bits per heavy atom. The summed E-state index contributed by atoms with van der Waals surface area (Å²) in [5.41, 5.74) is 3.59. The molecule has 0 aliphatic carbocycles. The third-order valence-corrected chi connectivity index (χ3v) is 3.97. The molecule has 1 fully saturated rings. The van der Waals surface area contributed by atoms with Crippen molar-refractivity contribution < 1.29 is 0 Å². The number of likely N-dealkylation sites (tertiary alicyclic amines) is 1. The van der Waals surface area contributed by atoms with Gasteiger partial charge in [0.2, 0.25) is 0 Å². The zero-order valence-corrected chi connectivity index (χ0v) is 12.7. The Hall–Kier alpha value is -1.40. The van der Waals surface area contributed by atoms with Crippen molar-refractivity contribution in [2.75, 3.05) is 30.4 Å². The summed E-state index contributed by atoms with van der Waals surface area (Å²) < 4.78 is 0. The number of nitrogens with two attached hydrogens (primary N) is 1. The average molecular weight is 278 g/mol. The SMILES string of the molecule is Cc1nc(NN)c(C)c(NCC(C)N2CCCCC2)n1. The summed E-state index contributed by atoms with van der Waals surface area (Å²) in [5, 5.41) is 3.44. The van der Waals surface area contributed by atoms with Crippen LogP contribution >= 0.6 is 0 Å². The van der Waals surface area contributed by atoms with Crippen LogP contribution < -0.4 is 16.6 Å². The summed E-state index contributed by atoms with van der Waals surface area (Å²) >= 11 is 0. The zero-order chi connectivity index (χ0) is 14.5. The van der Waals surface area contributed by atoms with Gasteiger partial charge in [-0.25, -0.2) is 15.8 Å². The molecule has 2 rings (SSSR count). The van der Waals surface area contributed by atoms with Crippen LogP contribution in [-0.2, 0) is 0 Å². The number of nitrogens with one attached hydrogen (secondary N) is 2. The number of aryl methyl sites for hydroxylation is 1. The van der Waals surface area contributed by atoms with Crippen LogP contribution in [0.4, 0.5) is 11.6 Å². The van der Waals surface area contributed by atoms with Gasteiger partial charge in [0.1, 0.15) is 17.5 Å². The molecular formula is C14H26N6. The van der Waals surface area contributed by atoms with E-state index in [-0.39, 0.29) is 0 Å². The molecule has 6 heteroatoms. The maximum Gasteiger partial charge on any atom is 0.148 e. The molecule has 0 spiro atoms. The molecule has 112 valence electrons. The van der Waals surface area contributed by atoms with Gasteiger partial charge in [0.15, 0.2) is 0 Å². The van der Waals surface area contributed by atoms with Crippen molar-refractivity contribution in [3.05, 3.63) is 11.4 Å². The summed E-state index contributed by atoms with van der Waals surface area (Å²) in [6, 6.07) is 0.513. The summed E-state index contributed by atoms with van der Waals surface area (Å²) in [5.74, 6) is 7.76. The van der Waals surface area contributed by atoms with E-state index in [9.17, 15) is 0 Å². The molecule has 0 bridgehead atoms. The van der Waals surface area contributed by atoms with Crippen LogP contribution in [0.1, 0.15) is 37.6 Å². The predicted molar refractivity (Wildman–Crippen MR) is 82.7 cm³/mol. The number of aromatic nitrogens is 2. The normalized spacial score (nSPS) is 17.8. The average Bonchev–Trinajstić information content (AvgIpc) is 2.48. The first kappa shape index (κ1) is 15.0. The van der Waals surface area contributed by atoms with E-state index in [0.717, 1.165) is 23.8 Å². The van der Waals surface area contributed by atoms with Gasteiger partial charge in [0.05, 0.1) is 0 Å². The number of hydrogen-bond donors (Lipinski definition) is 3. The quantitative estimate of drug-likeness (QED) is 0.561. The maximum atomic E-state index is 5.49. The molecular weight excluding hydrogens is 252 g/mol. The monoisotopic (exact) mass is 278 g/mol. The molecule has 0 amide bonds. The molecule has 1 aromatic heterocycles. The fourth-order valence-corrected chi connectivity index (χ4v) is 2.67. The minimum absolute atomic E-state index is 0.513. The highest BCUT2D eigenvalue weighted by atomic mass is 15.3. The molecule has 1 saturated heterocycles. The van der Waals surface area contributed by atoms with E-state index in [2.05, 4.69) is 32.5 Å². The van der Waals surface area contributed by atoms with E-state index in [4.69, 9.17) is 5.84 Å². The van der Waals surface area contributed by atoms with Crippen LogP contribution in [-0.4, -0.2) is 40.5 Å². The highest BCUT2D eigenvalue weighted by Gasteiger charge is 2.17. The van der Waals surface area contributed by atoms with Crippen molar-refractivity contribution in [1.29, 1.82) is 0 Å². The molecule has 6 nitrogen and oxygen atoms in total. The summed E-state index contributed by atoms with van der Waals surface area (Å²) in [7, 11) is 0. The fourth-order valence-electron chi connectivity index (χ4n) is 2.67. The van der Waals surface area contributed by atoms with E-state index >= 15 is 0 Å². The van der Waals surface area contributed by atoms with E-state index < -0.39 is 0 Å². The first-order chi connectivity index (χ1) is 9.61. The molecule has 4 N–H and O–H groups in total. The van der Waals surface area contributed by atoms with Gasteiger partial charge in [-0.1, -0.05) is 6.42 Å². The van der Waals surface area contributed by atoms with Crippen molar-refractivity contribution >= 4 is 11.6 Å². The first-order valence-electron chi connectivity index (χ1n) is 7.41. The van der Waals surface area contributed by atoms with E-state index in [0.29, 0.717) is 11.9 Å². The minimum atomic E-state index is 0.513. The highest BCUT2D eigenvalue weighted by molar-refractivity contribution is 5.56. The Labute approximate surface area is 121 Å². The lowest BCUT2D eigenvalue weighted by atomic mass is 10.1. The van der Waals surface area contributed by atoms with Gasteiger partial charge in [-0.3, -0.25) is 4.90 Å².